The Balaban J connectivity index is 1.61. The van der Waals surface area contributed by atoms with Gasteiger partial charge in [0.15, 0.2) is 0 Å². The molecule has 0 saturated carbocycles. The standard InChI is InChI=1S/C22H30N4O4S2/c1-23-12-15-25(16-13-23)31(27,28)21-10-8-19(9-11-21)22-18-24(2)14-17-26(22)32(29,30)20-6-4-3-5-7-20/h3-11,22H,12-18H2,1-2H3. The molecule has 2 fully saturated rings. The quantitative estimate of drug-likeness (QED) is 0.645. The average molecular weight is 479 g/mol. The van der Waals surface area contributed by atoms with E-state index in [0.29, 0.717) is 45.8 Å². The van der Waals surface area contributed by atoms with Crippen LogP contribution in [0.4, 0.5) is 0 Å². The first-order valence-electron chi connectivity index (χ1n) is 10.7. The summed E-state index contributed by atoms with van der Waals surface area (Å²) in [6.45, 7) is 3.90. The fraction of sp³-hybridized carbons (Fsp3) is 0.455. The van der Waals surface area contributed by atoms with Crippen molar-refractivity contribution in [2.45, 2.75) is 15.8 Å². The average Bonchev–Trinajstić information content (AvgIpc) is 2.80. The van der Waals surface area contributed by atoms with E-state index in [1.807, 2.05) is 14.1 Å². The molecule has 2 aliphatic heterocycles. The Bertz CT molecular complexity index is 1130. The first kappa shape index (κ1) is 23.3. The van der Waals surface area contributed by atoms with E-state index in [1.165, 1.54) is 8.61 Å². The predicted octanol–water partition coefficient (Wildman–Crippen LogP) is 1.30. The van der Waals surface area contributed by atoms with E-state index >= 15 is 0 Å². The van der Waals surface area contributed by atoms with Crippen molar-refractivity contribution in [1.82, 2.24) is 18.4 Å². The number of hydrogen-bond donors (Lipinski definition) is 0. The van der Waals surface area contributed by atoms with Crippen LogP contribution < -0.4 is 0 Å². The molecule has 0 spiro atoms. The van der Waals surface area contributed by atoms with Crippen LogP contribution >= 0.6 is 0 Å². The van der Waals surface area contributed by atoms with Crippen LogP contribution in [0.3, 0.4) is 0 Å². The Morgan fingerprint density at radius 1 is 0.656 bits per heavy atom. The summed E-state index contributed by atoms with van der Waals surface area (Å²) in [6, 6.07) is 14.8. The molecule has 174 valence electrons. The van der Waals surface area contributed by atoms with Gasteiger partial charge in [-0.15, -0.1) is 0 Å². The van der Waals surface area contributed by atoms with Gasteiger partial charge in [0.2, 0.25) is 20.0 Å². The molecule has 4 rings (SSSR count). The topological polar surface area (TPSA) is 81.2 Å². The highest BCUT2D eigenvalue weighted by atomic mass is 32.2. The van der Waals surface area contributed by atoms with Gasteiger partial charge < -0.3 is 9.80 Å². The number of likely N-dealkylation sites (N-methyl/N-ethyl adjacent to an activating group) is 2. The van der Waals surface area contributed by atoms with Crippen molar-refractivity contribution in [2.24, 2.45) is 0 Å². The lowest BCUT2D eigenvalue weighted by Gasteiger charge is -2.39. The Morgan fingerprint density at radius 2 is 1.22 bits per heavy atom. The van der Waals surface area contributed by atoms with E-state index in [-0.39, 0.29) is 15.8 Å². The number of sulfonamides is 2. The van der Waals surface area contributed by atoms with Crippen LogP contribution in [-0.4, -0.2) is 95.2 Å². The summed E-state index contributed by atoms with van der Waals surface area (Å²) in [6.07, 6.45) is 0. The fourth-order valence-corrected chi connectivity index (χ4v) is 7.27. The van der Waals surface area contributed by atoms with E-state index in [0.717, 1.165) is 5.56 Å². The molecule has 2 aliphatic rings. The van der Waals surface area contributed by atoms with Gasteiger partial charge in [-0.3, -0.25) is 0 Å². The third-order valence-electron chi connectivity index (χ3n) is 6.25. The molecule has 2 heterocycles. The molecule has 0 amide bonds. The van der Waals surface area contributed by atoms with Crippen molar-refractivity contribution in [2.75, 3.05) is 59.9 Å². The summed E-state index contributed by atoms with van der Waals surface area (Å²) in [7, 11) is -3.29. The van der Waals surface area contributed by atoms with Gasteiger partial charge in [0.1, 0.15) is 0 Å². The van der Waals surface area contributed by atoms with Crippen LogP contribution in [0.5, 0.6) is 0 Å². The lowest BCUT2D eigenvalue weighted by Crippen LogP contribution is -2.49. The van der Waals surface area contributed by atoms with Crippen molar-refractivity contribution in [3.63, 3.8) is 0 Å². The first-order chi connectivity index (χ1) is 15.2. The molecule has 10 heteroatoms. The zero-order chi connectivity index (χ0) is 22.9. The van der Waals surface area contributed by atoms with Gasteiger partial charge in [-0.2, -0.15) is 8.61 Å². The molecule has 0 radical (unpaired) electrons. The molecule has 2 aromatic carbocycles. The molecule has 1 atom stereocenters. The monoisotopic (exact) mass is 478 g/mol. The van der Waals surface area contributed by atoms with Gasteiger partial charge in [-0.05, 0) is 43.9 Å². The van der Waals surface area contributed by atoms with E-state index < -0.39 is 20.0 Å². The van der Waals surface area contributed by atoms with Crippen molar-refractivity contribution < 1.29 is 16.8 Å². The molecule has 2 aromatic rings. The molecule has 0 aromatic heterocycles. The van der Waals surface area contributed by atoms with E-state index in [2.05, 4.69) is 9.80 Å². The summed E-state index contributed by atoms with van der Waals surface area (Å²) >= 11 is 0. The molecule has 2 saturated heterocycles. The molecule has 1 unspecified atom stereocenters. The van der Waals surface area contributed by atoms with Crippen LogP contribution in [0.25, 0.3) is 0 Å². The molecular weight excluding hydrogens is 448 g/mol. The van der Waals surface area contributed by atoms with Crippen molar-refractivity contribution in [3.05, 3.63) is 60.2 Å². The van der Waals surface area contributed by atoms with Gasteiger partial charge >= 0.3 is 0 Å². The van der Waals surface area contributed by atoms with Gasteiger partial charge in [0, 0.05) is 45.8 Å². The Kier molecular flexibility index (Phi) is 6.71. The Labute approximate surface area is 191 Å². The molecule has 0 N–H and O–H groups in total. The van der Waals surface area contributed by atoms with Gasteiger partial charge in [0.05, 0.1) is 15.8 Å². The lowest BCUT2D eigenvalue weighted by molar-refractivity contribution is 0.160. The second kappa shape index (κ2) is 9.20. The maximum Gasteiger partial charge on any atom is 0.243 e. The second-order valence-electron chi connectivity index (χ2n) is 8.48. The molecule has 0 bridgehead atoms. The summed E-state index contributed by atoms with van der Waals surface area (Å²) in [4.78, 5) is 4.71. The number of rotatable bonds is 5. The van der Waals surface area contributed by atoms with Crippen LogP contribution in [0.15, 0.2) is 64.4 Å². The predicted molar refractivity (Wildman–Crippen MR) is 123 cm³/mol. The second-order valence-corrected chi connectivity index (χ2v) is 12.3. The number of piperazine rings is 2. The minimum Gasteiger partial charge on any atom is -0.304 e. The summed E-state index contributed by atoms with van der Waals surface area (Å²) in [5.74, 6) is 0. The van der Waals surface area contributed by atoms with Crippen molar-refractivity contribution in [1.29, 1.82) is 0 Å². The number of hydrogen-bond acceptors (Lipinski definition) is 6. The zero-order valence-corrected chi connectivity index (χ0v) is 20.1. The third kappa shape index (κ3) is 4.61. The van der Waals surface area contributed by atoms with Gasteiger partial charge in [0.25, 0.3) is 0 Å². The number of nitrogens with zero attached hydrogens (tertiary/aromatic N) is 4. The normalized spacial score (nSPS) is 22.8. The highest BCUT2D eigenvalue weighted by molar-refractivity contribution is 7.89. The van der Waals surface area contributed by atoms with Crippen LogP contribution in [0, 0.1) is 0 Å². The smallest absolute Gasteiger partial charge is 0.243 e. The SMILES string of the molecule is CN1CCN(S(=O)(=O)c2ccc(C3CN(C)CCN3S(=O)(=O)c3ccccc3)cc2)CC1. The summed E-state index contributed by atoms with van der Waals surface area (Å²) in [5.41, 5.74) is 0.786. The first-order valence-corrected chi connectivity index (χ1v) is 13.6. The van der Waals surface area contributed by atoms with Crippen LogP contribution in [0.2, 0.25) is 0 Å². The fourth-order valence-electron chi connectivity index (χ4n) is 4.23. The Morgan fingerprint density at radius 3 is 1.84 bits per heavy atom. The van der Waals surface area contributed by atoms with Crippen molar-refractivity contribution in [3.8, 4) is 0 Å². The van der Waals surface area contributed by atoms with Crippen LogP contribution in [0.1, 0.15) is 11.6 Å². The van der Waals surface area contributed by atoms with E-state index in [1.54, 1.807) is 54.6 Å². The molecule has 32 heavy (non-hydrogen) atoms. The number of benzene rings is 2. The lowest BCUT2D eigenvalue weighted by atomic mass is 10.1. The highest BCUT2D eigenvalue weighted by Gasteiger charge is 2.36. The largest absolute Gasteiger partial charge is 0.304 e. The van der Waals surface area contributed by atoms with Crippen molar-refractivity contribution >= 4 is 20.0 Å². The van der Waals surface area contributed by atoms with Gasteiger partial charge in [-0.25, -0.2) is 16.8 Å². The zero-order valence-electron chi connectivity index (χ0n) is 18.5. The third-order valence-corrected chi connectivity index (χ3v) is 10.1. The minimum absolute atomic E-state index is 0.243. The maximum atomic E-state index is 13.3. The van der Waals surface area contributed by atoms with E-state index in [9.17, 15) is 16.8 Å². The Hall–Kier alpha value is -1.82. The summed E-state index contributed by atoms with van der Waals surface area (Å²) < 4.78 is 55.8. The van der Waals surface area contributed by atoms with Crippen LogP contribution in [-0.2, 0) is 20.0 Å². The molecule has 8 nitrogen and oxygen atoms in total. The maximum absolute atomic E-state index is 13.3. The van der Waals surface area contributed by atoms with E-state index in [4.69, 9.17) is 0 Å². The molecular formula is C22H30N4O4S2. The molecule has 0 aliphatic carbocycles. The minimum atomic E-state index is -3.67. The highest BCUT2D eigenvalue weighted by Crippen LogP contribution is 2.31. The van der Waals surface area contributed by atoms with Gasteiger partial charge in [-0.1, -0.05) is 30.3 Å². The summed E-state index contributed by atoms with van der Waals surface area (Å²) in [5, 5.41) is 0.